The molecule has 0 amide bonds. The van der Waals surface area contributed by atoms with Crippen molar-refractivity contribution in [1.29, 1.82) is 5.26 Å². The van der Waals surface area contributed by atoms with E-state index in [2.05, 4.69) is 4.74 Å². The van der Waals surface area contributed by atoms with Gasteiger partial charge in [0.1, 0.15) is 10.8 Å². The van der Waals surface area contributed by atoms with E-state index in [1.54, 1.807) is 0 Å². The van der Waals surface area contributed by atoms with E-state index in [9.17, 15) is 20.2 Å². The van der Waals surface area contributed by atoms with Crippen molar-refractivity contribution in [1.82, 2.24) is 0 Å². The van der Waals surface area contributed by atoms with Crippen LogP contribution in [0.15, 0.2) is 18.2 Å². The van der Waals surface area contributed by atoms with E-state index in [0.29, 0.717) is 0 Å². The maximum atomic E-state index is 10.4. The molecule has 0 saturated heterocycles. The monoisotopic (exact) mass is 257 g/mol. The van der Waals surface area contributed by atoms with Crippen LogP contribution in [0.4, 0.5) is 5.69 Å². The van der Waals surface area contributed by atoms with Crippen LogP contribution in [0.5, 0.6) is 5.75 Å². The standard InChI is InChI=1S/C8H4ClN3O5/c9-6-3-5(1-2-7(6)11(13)14)17-8(4-10)12(15)16/h1-3,8H. The van der Waals surface area contributed by atoms with Crippen molar-refractivity contribution in [3.05, 3.63) is 43.5 Å². The van der Waals surface area contributed by atoms with Gasteiger partial charge in [-0.3, -0.25) is 20.2 Å². The summed E-state index contributed by atoms with van der Waals surface area (Å²) in [6.45, 7) is 0. The summed E-state index contributed by atoms with van der Waals surface area (Å²) < 4.78 is 4.67. The Labute approximate surface area is 99.3 Å². The van der Waals surface area contributed by atoms with Crippen LogP contribution in [-0.4, -0.2) is 16.1 Å². The number of nitro groups is 2. The summed E-state index contributed by atoms with van der Waals surface area (Å²) in [5.74, 6) is -0.0937. The lowest BCUT2D eigenvalue weighted by Gasteiger charge is -2.05. The van der Waals surface area contributed by atoms with E-state index in [1.807, 2.05) is 0 Å². The number of ether oxygens (including phenoxy) is 1. The largest absolute Gasteiger partial charge is 0.442 e. The molecule has 1 aromatic rings. The molecule has 9 heteroatoms. The van der Waals surface area contributed by atoms with Gasteiger partial charge < -0.3 is 4.74 Å². The highest BCUT2D eigenvalue weighted by atomic mass is 35.5. The lowest BCUT2D eigenvalue weighted by Crippen LogP contribution is -2.24. The van der Waals surface area contributed by atoms with Gasteiger partial charge in [-0.25, -0.2) is 0 Å². The van der Waals surface area contributed by atoms with E-state index in [4.69, 9.17) is 16.9 Å². The summed E-state index contributed by atoms with van der Waals surface area (Å²) in [5.41, 5.74) is -0.353. The second-order valence-electron chi connectivity index (χ2n) is 2.75. The zero-order chi connectivity index (χ0) is 13.0. The smallest absolute Gasteiger partial charge is 0.419 e. The Hall–Kier alpha value is -2.40. The third-order valence-corrected chi connectivity index (χ3v) is 1.97. The number of halogens is 1. The molecule has 1 aromatic carbocycles. The van der Waals surface area contributed by atoms with E-state index >= 15 is 0 Å². The van der Waals surface area contributed by atoms with Gasteiger partial charge in [-0.15, -0.1) is 0 Å². The molecule has 0 fully saturated rings. The highest BCUT2D eigenvalue weighted by Crippen LogP contribution is 2.28. The third-order valence-electron chi connectivity index (χ3n) is 1.67. The predicted molar refractivity (Wildman–Crippen MR) is 55.1 cm³/mol. The molecule has 1 atom stereocenters. The Morgan fingerprint density at radius 1 is 1.41 bits per heavy atom. The average Bonchev–Trinajstić information content (AvgIpc) is 2.24. The zero-order valence-corrected chi connectivity index (χ0v) is 8.83. The molecule has 0 aliphatic carbocycles. The summed E-state index contributed by atoms with van der Waals surface area (Å²) in [5, 5.41) is 28.9. The van der Waals surface area contributed by atoms with Gasteiger partial charge in [-0.05, 0) is 6.07 Å². The number of nitro benzene ring substituents is 1. The maximum Gasteiger partial charge on any atom is 0.442 e. The van der Waals surface area contributed by atoms with Gasteiger partial charge in [-0.2, -0.15) is 5.26 Å². The van der Waals surface area contributed by atoms with Crippen LogP contribution in [0.3, 0.4) is 0 Å². The molecule has 17 heavy (non-hydrogen) atoms. The quantitative estimate of drug-likeness (QED) is 0.460. The van der Waals surface area contributed by atoms with Gasteiger partial charge in [0.2, 0.25) is 0 Å². The Morgan fingerprint density at radius 3 is 2.47 bits per heavy atom. The fourth-order valence-corrected chi connectivity index (χ4v) is 1.19. The second-order valence-corrected chi connectivity index (χ2v) is 3.16. The number of benzene rings is 1. The number of hydrogen-bond acceptors (Lipinski definition) is 6. The highest BCUT2D eigenvalue weighted by Gasteiger charge is 2.22. The van der Waals surface area contributed by atoms with Crippen LogP contribution < -0.4 is 4.74 Å². The van der Waals surface area contributed by atoms with Gasteiger partial charge in [0.05, 0.1) is 9.85 Å². The molecule has 88 valence electrons. The third kappa shape index (κ3) is 3.02. The van der Waals surface area contributed by atoms with Crippen molar-refractivity contribution >= 4 is 17.3 Å². The summed E-state index contributed by atoms with van der Waals surface area (Å²) in [6, 6.07) is 4.50. The van der Waals surface area contributed by atoms with Crippen molar-refractivity contribution in [3.63, 3.8) is 0 Å². The first-order chi connectivity index (χ1) is 7.95. The topological polar surface area (TPSA) is 119 Å². The Morgan fingerprint density at radius 2 is 2.06 bits per heavy atom. The lowest BCUT2D eigenvalue weighted by molar-refractivity contribution is -0.545. The Kier molecular flexibility index (Phi) is 3.79. The molecule has 0 radical (unpaired) electrons. The van der Waals surface area contributed by atoms with E-state index < -0.39 is 16.1 Å². The van der Waals surface area contributed by atoms with Crippen LogP contribution in [0, 0.1) is 31.6 Å². The molecule has 0 saturated carbocycles. The molecule has 0 spiro atoms. The molecular formula is C8H4ClN3O5. The van der Waals surface area contributed by atoms with E-state index in [-0.39, 0.29) is 16.5 Å². The van der Waals surface area contributed by atoms with E-state index in [1.165, 1.54) is 6.07 Å². The lowest BCUT2D eigenvalue weighted by atomic mass is 10.3. The summed E-state index contributed by atoms with van der Waals surface area (Å²) in [4.78, 5) is 19.1. The van der Waals surface area contributed by atoms with Crippen molar-refractivity contribution in [3.8, 4) is 11.8 Å². The maximum absolute atomic E-state index is 10.4. The van der Waals surface area contributed by atoms with Crippen molar-refractivity contribution in [2.75, 3.05) is 0 Å². The number of hydrogen-bond donors (Lipinski definition) is 0. The average molecular weight is 258 g/mol. The second kappa shape index (κ2) is 5.09. The molecule has 0 bridgehead atoms. The normalized spacial score (nSPS) is 11.3. The molecule has 0 heterocycles. The Balaban J connectivity index is 2.95. The molecule has 0 N–H and O–H groups in total. The van der Waals surface area contributed by atoms with Crippen LogP contribution >= 0.6 is 11.6 Å². The molecular weight excluding hydrogens is 254 g/mol. The SMILES string of the molecule is N#CC(Oc1ccc([N+](=O)[O-])c(Cl)c1)[N+](=O)[O-]. The number of rotatable bonds is 4. The van der Waals surface area contributed by atoms with Gasteiger partial charge >= 0.3 is 6.23 Å². The summed E-state index contributed by atoms with van der Waals surface area (Å²) in [6.07, 6.45) is -1.88. The minimum absolute atomic E-state index is 0.0937. The molecule has 1 unspecified atom stereocenters. The molecule has 8 nitrogen and oxygen atoms in total. The molecule has 0 aliphatic rings. The van der Waals surface area contributed by atoms with Crippen LogP contribution in [0.2, 0.25) is 5.02 Å². The van der Waals surface area contributed by atoms with Gasteiger partial charge in [0.15, 0.2) is 6.07 Å². The van der Waals surface area contributed by atoms with Crippen LogP contribution in [0.1, 0.15) is 0 Å². The van der Waals surface area contributed by atoms with Gasteiger partial charge in [0, 0.05) is 12.1 Å². The zero-order valence-electron chi connectivity index (χ0n) is 8.07. The minimum Gasteiger partial charge on any atom is -0.419 e. The van der Waals surface area contributed by atoms with E-state index in [0.717, 1.165) is 18.2 Å². The summed E-state index contributed by atoms with van der Waals surface area (Å²) in [7, 11) is 0. The number of nitrogens with zero attached hydrogens (tertiary/aromatic N) is 3. The first kappa shape index (κ1) is 12.7. The minimum atomic E-state index is -1.88. The fraction of sp³-hybridized carbons (Fsp3) is 0.125. The summed E-state index contributed by atoms with van der Waals surface area (Å²) >= 11 is 5.56. The molecule has 0 aliphatic heterocycles. The molecule has 1 rings (SSSR count). The van der Waals surface area contributed by atoms with Crippen LogP contribution in [0.25, 0.3) is 0 Å². The molecule has 0 aromatic heterocycles. The van der Waals surface area contributed by atoms with Crippen LogP contribution in [-0.2, 0) is 0 Å². The van der Waals surface area contributed by atoms with Gasteiger partial charge in [-0.1, -0.05) is 11.6 Å². The first-order valence-electron chi connectivity index (χ1n) is 4.09. The fourth-order valence-electron chi connectivity index (χ4n) is 0.954. The highest BCUT2D eigenvalue weighted by molar-refractivity contribution is 6.32. The Bertz CT molecular complexity index is 512. The van der Waals surface area contributed by atoms with Crippen molar-refractivity contribution in [2.45, 2.75) is 6.23 Å². The van der Waals surface area contributed by atoms with Crippen molar-refractivity contribution < 1.29 is 14.6 Å². The number of nitriles is 1. The predicted octanol–water partition coefficient (Wildman–Crippen LogP) is 1.75. The van der Waals surface area contributed by atoms with Crippen molar-refractivity contribution in [2.24, 2.45) is 0 Å². The first-order valence-corrected chi connectivity index (χ1v) is 4.47. The van der Waals surface area contributed by atoms with Gasteiger partial charge in [0.25, 0.3) is 5.69 Å².